The highest BCUT2D eigenvalue weighted by atomic mass is 35.5. The second-order valence-corrected chi connectivity index (χ2v) is 8.81. The Balaban J connectivity index is 1.56. The molecule has 1 atom stereocenters. The zero-order valence-corrected chi connectivity index (χ0v) is 19.0. The van der Waals surface area contributed by atoms with Gasteiger partial charge in [0, 0.05) is 43.3 Å². The van der Waals surface area contributed by atoms with Crippen LogP contribution in [0.2, 0.25) is 5.02 Å². The molecule has 10 heteroatoms. The van der Waals surface area contributed by atoms with Crippen LogP contribution in [-0.4, -0.2) is 60.0 Å². The minimum absolute atomic E-state index is 0.0253. The summed E-state index contributed by atoms with van der Waals surface area (Å²) >= 11 is 6.10. The lowest BCUT2D eigenvalue weighted by Gasteiger charge is -2.29. The first kappa shape index (κ1) is 22.5. The van der Waals surface area contributed by atoms with E-state index in [1.54, 1.807) is 29.2 Å². The largest absolute Gasteiger partial charge is 0.450 e. The van der Waals surface area contributed by atoms with Crippen molar-refractivity contribution >= 4 is 34.2 Å². The Morgan fingerprint density at radius 1 is 1.09 bits per heavy atom. The van der Waals surface area contributed by atoms with Crippen LogP contribution in [-0.2, 0) is 4.74 Å². The van der Waals surface area contributed by atoms with Crippen LogP contribution in [0.3, 0.4) is 0 Å². The maximum Gasteiger partial charge on any atom is 0.290 e. The first-order valence-corrected chi connectivity index (χ1v) is 11.4. The molecule has 1 amide bonds. The van der Waals surface area contributed by atoms with E-state index >= 15 is 0 Å². The number of benzene rings is 2. The molecule has 0 unspecified atom stereocenters. The number of carbonyl (C=O) groups is 1. The lowest BCUT2D eigenvalue weighted by Crippen LogP contribution is -2.38. The van der Waals surface area contributed by atoms with Crippen LogP contribution in [0, 0.1) is 10.1 Å². The van der Waals surface area contributed by atoms with Gasteiger partial charge in [0.15, 0.2) is 5.43 Å². The van der Waals surface area contributed by atoms with Crippen molar-refractivity contribution in [2.24, 2.45) is 0 Å². The molecule has 176 valence electrons. The number of carbonyl (C=O) groups excluding carboxylic acids is 1. The summed E-state index contributed by atoms with van der Waals surface area (Å²) in [7, 11) is 0. The molecule has 0 saturated carbocycles. The van der Waals surface area contributed by atoms with E-state index in [2.05, 4.69) is 4.90 Å². The van der Waals surface area contributed by atoms with E-state index in [0.29, 0.717) is 36.8 Å². The van der Waals surface area contributed by atoms with E-state index < -0.39 is 16.9 Å². The van der Waals surface area contributed by atoms with Crippen molar-refractivity contribution in [2.45, 2.75) is 12.5 Å². The number of hydrogen-bond acceptors (Lipinski definition) is 7. The highest BCUT2D eigenvalue weighted by molar-refractivity contribution is 6.31. The monoisotopic (exact) mass is 483 g/mol. The number of morpholine rings is 1. The maximum absolute atomic E-state index is 13.5. The molecule has 9 nitrogen and oxygen atoms in total. The predicted octanol–water partition coefficient (Wildman–Crippen LogP) is 3.62. The standard InChI is InChI=1S/C24H22ClN3O6/c25-16-5-6-19-18(14-16)22(29)20-21(15-3-1-4-17(13-15)28(31)32)27(24(30)23(20)34-19)8-2-7-26-9-11-33-12-10-26/h1,3-6,13-14,21H,2,7-12H2/t21-/m1/s1. The predicted molar refractivity (Wildman–Crippen MR) is 125 cm³/mol. The SMILES string of the molecule is O=C1c2oc3ccc(Cl)cc3c(=O)c2[C@@H](c2cccc([N+](=O)[O-])c2)N1CCCN1CCOCC1. The lowest BCUT2D eigenvalue weighted by molar-refractivity contribution is -0.384. The fourth-order valence-electron chi connectivity index (χ4n) is 4.67. The molecule has 0 bridgehead atoms. The van der Waals surface area contributed by atoms with Crippen LogP contribution in [0.25, 0.3) is 11.0 Å². The van der Waals surface area contributed by atoms with E-state index in [4.69, 9.17) is 20.8 Å². The Kier molecular flexibility index (Phi) is 6.07. The fourth-order valence-corrected chi connectivity index (χ4v) is 4.84. The molecule has 2 aromatic carbocycles. The van der Waals surface area contributed by atoms with Gasteiger partial charge in [0.2, 0.25) is 5.76 Å². The van der Waals surface area contributed by atoms with Crippen molar-refractivity contribution in [3.05, 3.63) is 84.7 Å². The molecule has 0 radical (unpaired) electrons. The lowest BCUT2D eigenvalue weighted by atomic mass is 9.98. The number of hydrogen-bond donors (Lipinski definition) is 0. The van der Waals surface area contributed by atoms with Gasteiger partial charge in [0.25, 0.3) is 11.6 Å². The topological polar surface area (TPSA) is 106 Å². The number of halogens is 1. The number of fused-ring (bicyclic) bond motifs is 2. The van der Waals surface area contributed by atoms with Gasteiger partial charge in [-0.15, -0.1) is 0 Å². The van der Waals surface area contributed by atoms with Crippen LogP contribution < -0.4 is 5.43 Å². The summed E-state index contributed by atoms with van der Waals surface area (Å²) in [4.78, 5) is 41.7. The van der Waals surface area contributed by atoms with E-state index in [-0.39, 0.29) is 33.4 Å². The second-order valence-electron chi connectivity index (χ2n) is 8.38. The van der Waals surface area contributed by atoms with Gasteiger partial charge in [0.05, 0.1) is 35.1 Å². The van der Waals surface area contributed by atoms with Crippen LogP contribution >= 0.6 is 11.6 Å². The molecule has 0 spiro atoms. The molecule has 2 aliphatic rings. The molecule has 34 heavy (non-hydrogen) atoms. The van der Waals surface area contributed by atoms with Crippen molar-refractivity contribution in [3.8, 4) is 0 Å². The van der Waals surface area contributed by atoms with Crippen molar-refractivity contribution in [1.29, 1.82) is 0 Å². The zero-order valence-electron chi connectivity index (χ0n) is 18.2. The summed E-state index contributed by atoms with van der Waals surface area (Å²) in [6, 6.07) is 9.92. The average molecular weight is 484 g/mol. The number of nitro benzene ring substituents is 1. The number of rotatable bonds is 6. The number of nitrogens with zero attached hydrogens (tertiary/aromatic N) is 3. The normalized spacial score (nSPS) is 18.4. The molecule has 0 N–H and O–H groups in total. The fraction of sp³-hybridized carbons (Fsp3) is 0.333. The van der Waals surface area contributed by atoms with Crippen LogP contribution in [0.4, 0.5) is 5.69 Å². The van der Waals surface area contributed by atoms with Crippen molar-refractivity contribution in [2.75, 3.05) is 39.4 Å². The van der Waals surface area contributed by atoms with E-state index in [1.807, 2.05) is 0 Å². The number of amides is 1. The number of ether oxygens (including phenoxy) is 1. The number of nitro groups is 1. The maximum atomic E-state index is 13.5. The zero-order chi connectivity index (χ0) is 23.8. The molecule has 3 heterocycles. The first-order chi connectivity index (χ1) is 16.4. The van der Waals surface area contributed by atoms with Crippen molar-refractivity contribution < 1.29 is 18.9 Å². The molecule has 1 aromatic heterocycles. The van der Waals surface area contributed by atoms with Gasteiger partial charge in [-0.1, -0.05) is 23.7 Å². The summed E-state index contributed by atoms with van der Waals surface area (Å²) in [6.07, 6.45) is 0.671. The third-order valence-corrected chi connectivity index (χ3v) is 6.54. The van der Waals surface area contributed by atoms with Gasteiger partial charge in [-0.2, -0.15) is 0 Å². The minimum Gasteiger partial charge on any atom is -0.450 e. The molecule has 5 rings (SSSR count). The Bertz CT molecular complexity index is 1330. The van der Waals surface area contributed by atoms with E-state index in [9.17, 15) is 19.7 Å². The van der Waals surface area contributed by atoms with Crippen LogP contribution in [0.5, 0.6) is 0 Å². The molecule has 2 aliphatic heterocycles. The van der Waals surface area contributed by atoms with Gasteiger partial charge in [-0.05, 0) is 30.2 Å². The highest BCUT2D eigenvalue weighted by Crippen LogP contribution is 2.39. The second kappa shape index (κ2) is 9.17. The summed E-state index contributed by atoms with van der Waals surface area (Å²) < 4.78 is 11.3. The Morgan fingerprint density at radius 3 is 2.65 bits per heavy atom. The third-order valence-electron chi connectivity index (χ3n) is 6.30. The van der Waals surface area contributed by atoms with E-state index in [1.165, 1.54) is 18.2 Å². The Labute approximate surface area is 199 Å². The Morgan fingerprint density at radius 2 is 1.88 bits per heavy atom. The quantitative estimate of drug-likeness (QED) is 0.389. The minimum atomic E-state index is -0.785. The smallest absolute Gasteiger partial charge is 0.290 e. The van der Waals surface area contributed by atoms with Gasteiger partial charge in [-0.3, -0.25) is 24.6 Å². The third kappa shape index (κ3) is 4.06. The highest BCUT2D eigenvalue weighted by Gasteiger charge is 2.42. The molecule has 1 fully saturated rings. The first-order valence-electron chi connectivity index (χ1n) is 11.1. The number of non-ortho nitro benzene ring substituents is 1. The van der Waals surface area contributed by atoms with Crippen molar-refractivity contribution in [3.63, 3.8) is 0 Å². The van der Waals surface area contributed by atoms with Gasteiger partial charge in [0.1, 0.15) is 5.58 Å². The molecule has 1 saturated heterocycles. The summed E-state index contributed by atoms with van der Waals surface area (Å²) in [6.45, 7) is 4.15. The van der Waals surface area contributed by atoms with Gasteiger partial charge < -0.3 is 14.1 Å². The molecule has 0 aliphatic carbocycles. The van der Waals surface area contributed by atoms with Gasteiger partial charge in [-0.25, -0.2) is 0 Å². The van der Waals surface area contributed by atoms with Gasteiger partial charge >= 0.3 is 0 Å². The summed E-state index contributed by atoms with van der Waals surface area (Å²) in [5.41, 5.74) is 0.474. The summed E-state index contributed by atoms with van der Waals surface area (Å²) in [5, 5.41) is 12.0. The molecular weight excluding hydrogens is 462 g/mol. The molecule has 3 aromatic rings. The summed E-state index contributed by atoms with van der Waals surface area (Å²) in [5.74, 6) is -0.426. The van der Waals surface area contributed by atoms with Crippen LogP contribution in [0.15, 0.2) is 51.7 Å². The van der Waals surface area contributed by atoms with Crippen molar-refractivity contribution in [1.82, 2.24) is 9.80 Å². The Hall–Kier alpha value is -3.27. The van der Waals surface area contributed by atoms with E-state index in [0.717, 1.165) is 19.6 Å². The molecular formula is C24H22ClN3O6. The van der Waals surface area contributed by atoms with Crippen LogP contribution in [0.1, 0.15) is 34.1 Å². The average Bonchev–Trinajstić information content (AvgIpc) is 3.12.